The van der Waals surface area contributed by atoms with Gasteiger partial charge in [0, 0.05) is 21.5 Å². The molecular weight excluding hydrogens is 390 g/mol. The summed E-state index contributed by atoms with van der Waals surface area (Å²) >= 11 is 0. The first-order valence-electron chi connectivity index (χ1n) is 12.5. The molecule has 0 aliphatic heterocycles. The summed E-state index contributed by atoms with van der Waals surface area (Å²) in [5.74, 6) is 1.46. The first-order chi connectivity index (χ1) is 17.5. The summed E-state index contributed by atoms with van der Waals surface area (Å²) in [5.41, 5.74) is 3.71. The largest absolute Gasteiger partial charge is 0.294 e. The molecule has 0 radical (unpaired) electrons. The quantitative estimate of drug-likeness (QED) is 0.292. The lowest BCUT2D eigenvalue weighted by Crippen LogP contribution is -2.02. The zero-order valence-corrected chi connectivity index (χ0v) is 17.0. The smallest absolute Gasteiger partial charge is 0.140 e. The molecule has 7 aromatic rings. The Morgan fingerprint density at radius 1 is 0.438 bits per heavy atom. The summed E-state index contributed by atoms with van der Waals surface area (Å²) in [5, 5.41) is 3.67. The molecule has 0 saturated heterocycles. The third kappa shape index (κ3) is 2.33. The van der Waals surface area contributed by atoms with E-state index in [1.807, 2.05) is 66.7 Å². The Morgan fingerprint density at radius 2 is 0.781 bits per heavy atom. The highest BCUT2D eigenvalue weighted by Crippen LogP contribution is 2.33. The number of fused-ring (bicyclic) bond motifs is 6. The zero-order valence-electron chi connectivity index (χ0n) is 21.0. The maximum Gasteiger partial charge on any atom is 0.140 e. The molecule has 4 aromatic carbocycles. The number of benzene rings is 4. The molecule has 7 rings (SSSR count). The predicted molar refractivity (Wildman–Crippen MR) is 133 cm³/mol. The van der Waals surface area contributed by atoms with Crippen molar-refractivity contribution < 1.29 is 5.48 Å². The van der Waals surface area contributed by atoms with Gasteiger partial charge in [0.1, 0.15) is 11.6 Å². The van der Waals surface area contributed by atoms with Crippen LogP contribution in [-0.4, -0.2) is 14.1 Å². The maximum atomic E-state index is 8.13. The first kappa shape index (κ1) is 13.8. The molecule has 0 unspecified atom stereocenters. The maximum absolute atomic E-state index is 8.13. The Kier molecular flexibility index (Phi) is 2.84. The fourth-order valence-corrected chi connectivity index (χ4v) is 4.75. The fourth-order valence-electron chi connectivity index (χ4n) is 4.75. The SMILES string of the molecule is [2H]c1ccc2c(c1)c1cc([2H])ccc1n2-c1cccc(-n2c3ccc([2H])cc3c3cc([2H])ccc32)n1. The molecule has 0 atom stereocenters. The van der Waals surface area contributed by atoms with Crippen molar-refractivity contribution >= 4 is 43.6 Å². The Morgan fingerprint density at radius 3 is 1.12 bits per heavy atom. The van der Waals surface area contributed by atoms with Crippen LogP contribution in [0.1, 0.15) is 5.48 Å². The van der Waals surface area contributed by atoms with E-state index in [4.69, 9.17) is 10.5 Å². The minimum absolute atomic E-state index is 0.423. The minimum Gasteiger partial charge on any atom is -0.294 e. The molecule has 0 N–H and O–H groups in total. The highest BCUT2D eigenvalue weighted by molar-refractivity contribution is 6.10. The van der Waals surface area contributed by atoms with Crippen molar-refractivity contribution in [3.05, 3.63) is 115 Å². The van der Waals surface area contributed by atoms with E-state index in [0.717, 1.165) is 55.2 Å². The highest BCUT2D eigenvalue weighted by Gasteiger charge is 2.15. The van der Waals surface area contributed by atoms with Crippen LogP contribution < -0.4 is 0 Å². The Balaban J connectivity index is 1.54. The van der Waals surface area contributed by atoms with Gasteiger partial charge in [-0.1, -0.05) is 78.8 Å². The minimum atomic E-state index is 0.423. The molecule has 3 heteroatoms. The number of para-hydroxylation sites is 4. The van der Waals surface area contributed by atoms with Crippen LogP contribution in [0, 0.1) is 0 Å². The van der Waals surface area contributed by atoms with Gasteiger partial charge < -0.3 is 0 Å². The second-order valence-electron chi connectivity index (χ2n) is 7.80. The van der Waals surface area contributed by atoms with Crippen LogP contribution in [0.2, 0.25) is 0 Å². The van der Waals surface area contributed by atoms with Gasteiger partial charge in [0.2, 0.25) is 0 Å². The molecule has 3 aromatic heterocycles. The molecular formula is C29H19N3. The van der Waals surface area contributed by atoms with Crippen LogP contribution in [0.5, 0.6) is 0 Å². The second kappa shape index (κ2) is 6.56. The lowest BCUT2D eigenvalue weighted by atomic mass is 10.2. The second-order valence-corrected chi connectivity index (χ2v) is 7.80. The lowest BCUT2D eigenvalue weighted by molar-refractivity contribution is 1.01. The van der Waals surface area contributed by atoms with Gasteiger partial charge in [0.05, 0.1) is 27.5 Å². The summed E-state index contributed by atoms with van der Waals surface area (Å²) < 4.78 is 36.7. The molecule has 0 amide bonds. The third-order valence-electron chi connectivity index (χ3n) is 6.09. The zero-order chi connectivity index (χ0) is 24.6. The lowest BCUT2D eigenvalue weighted by Gasteiger charge is -2.11. The summed E-state index contributed by atoms with van der Waals surface area (Å²) in [6, 6.07) is 29.7. The van der Waals surface area contributed by atoms with Crippen LogP contribution in [0.3, 0.4) is 0 Å². The summed E-state index contributed by atoms with van der Waals surface area (Å²) in [4.78, 5) is 5.09. The molecule has 150 valence electrons. The van der Waals surface area contributed by atoms with Crippen LogP contribution in [0.15, 0.2) is 115 Å². The first-order valence-corrected chi connectivity index (χ1v) is 10.5. The highest BCUT2D eigenvalue weighted by atomic mass is 15.1. The van der Waals surface area contributed by atoms with Gasteiger partial charge in [0.25, 0.3) is 0 Å². The molecule has 0 spiro atoms. The molecule has 0 bridgehead atoms. The number of nitrogens with zero attached hydrogens (tertiary/aromatic N) is 3. The summed E-state index contributed by atoms with van der Waals surface area (Å²) in [6.07, 6.45) is 0. The van der Waals surface area contributed by atoms with Crippen LogP contribution in [0.25, 0.3) is 55.2 Å². The molecule has 0 fully saturated rings. The number of pyridine rings is 1. The van der Waals surface area contributed by atoms with Gasteiger partial charge in [0.15, 0.2) is 0 Å². The fraction of sp³-hybridized carbons (Fsp3) is 0. The number of aromatic nitrogens is 3. The Hall–Kier alpha value is -4.37. The number of hydrogen-bond donors (Lipinski definition) is 0. The monoisotopic (exact) mass is 413 g/mol. The molecule has 3 heterocycles. The van der Waals surface area contributed by atoms with Gasteiger partial charge in [-0.2, -0.15) is 0 Å². The Labute approximate surface area is 190 Å². The van der Waals surface area contributed by atoms with E-state index in [9.17, 15) is 0 Å². The topological polar surface area (TPSA) is 22.8 Å². The van der Waals surface area contributed by atoms with Gasteiger partial charge in [-0.3, -0.25) is 9.13 Å². The van der Waals surface area contributed by atoms with Gasteiger partial charge in [-0.15, -0.1) is 0 Å². The molecule has 0 aliphatic rings. The normalized spacial score (nSPS) is 13.5. The van der Waals surface area contributed by atoms with Crippen LogP contribution in [0.4, 0.5) is 0 Å². The third-order valence-corrected chi connectivity index (χ3v) is 6.09. The van der Waals surface area contributed by atoms with E-state index in [-0.39, 0.29) is 0 Å². The van der Waals surface area contributed by atoms with E-state index < -0.39 is 0 Å². The van der Waals surface area contributed by atoms with Crippen molar-refractivity contribution in [3.63, 3.8) is 0 Å². The number of rotatable bonds is 2. The summed E-state index contributed by atoms with van der Waals surface area (Å²) in [7, 11) is 0. The number of hydrogen-bond acceptors (Lipinski definition) is 1. The van der Waals surface area contributed by atoms with Crippen LogP contribution in [-0.2, 0) is 0 Å². The van der Waals surface area contributed by atoms with Crippen molar-refractivity contribution in [2.75, 3.05) is 0 Å². The predicted octanol–water partition coefficient (Wildman–Crippen LogP) is 7.28. The van der Waals surface area contributed by atoms with E-state index >= 15 is 0 Å². The van der Waals surface area contributed by atoms with E-state index in [1.165, 1.54) is 0 Å². The van der Waals surface area contributed by atoms with E-state index in [0.29, 0.717) is 24.2 Å². The van der Waals surface area contributed by atoms with Gasteiger partial charge >= 0.3 is 0 Å². The van der Waals surface area contributed by atoms with Gasteiger partial charge in [-0.05, 0) is 36.4 Å². The standard InChI is InChI=1S/C29H19N3/c1-5-14-24-20(10-1)21-11-2-6-15-25(21)31(24)28-18-9-19-29(30-28)32-26-16-7-3-12-22(26)23-13-4-8-17-27(23)32/h1-19H/i1D,2D,3D,4D. The van der Waals surface area contributed by atoms with Crippen molar-refractivity contribution in [1.29, 1.82) is 0 Å². The van der Waals surface area contributed by atoms with Crippen molar-refractivity contribution in [3.8, 4) is 11.6 Å². The van der Waals surface area contributed by atoms with E-state index in [2.05, 4.69) is 9.13 Å². The van der Waals surface area contributed by atoms with Crippen molar-refractivity contribution in [1.82, 2.24) is 14.1 Å². The van der Waals surface area contributed by atoms with Gasteiger partial charge in [-0.25, -0.2) is 4.98 Å². The average Bonchev–Trinajstić information content (AvgIpc) is 3.35. The molecule has 0 saturated carbocycles. The summed E-state index contributed by atoms with van der Waals surface area (Å²) in [6.45, 7) is 0. The Bertz CT molecular complexity index is 1740. The van der Waals surface area contributed by atoms with Crippen molar-refractivity contribution in [2.24, 2.45) is 0 Å². The molecule has 32 heavy (non-hydrogen) atoms. The van der Waals surface area contributed by atoms with E-state index in [1.54, 1.807) is 24.3 Å². The molecule has 3 nitrogen and oxygen atoms in total. The molecule has 0 aliphatic carbocycles. The van der Waals surface area contributed by atoms with Crippen LogP contribution >= 0.6 is 0 Å². The van der Waals surface area contributed by atoms with Crippen molar-refractivity contribution in [2.45, 2.75) is 0 Å². The average molecular weight is 414 g/mol.